The number of ether oxygens (including phenoxy) is 1. The van der Waals surface area contributed by atoms with Crippen molar-refractivity contribution < 1.29 is 19.1 Å². The summed E-state index contributed by atoms with van der Waals surface area (Å²) in [5.74, 6) is 0.821. The fourth-order valence-corrected chi connectivity index (χ4v) is 5.42. The number of carbonyl (C=O) groups is 3. The minimum Gasteiger partial charge on any atom is -0.462 e. The van der Waals surface area contributed by atoms with Gasteiger partial charge in [0.1, 0.15) is 11.5 Å². The maximum Gasteiger partial charge on any atom is 0.340 e. The number of aromatic amines is 1. The Balaban J connectivity index is 1.30. The van der Waals surface area contributed by atoms with E-state index in [0.29, 0.717) is 48.7 Å². The standard InChI is InChI=1S/C27H37N5O4/c1-5-36-27(35)23-19(3)24(29-20(23)4)26(34)31-12-9-21(10-13-31)18(2)25(33)32-16-14-30(15-17-32)22-8-6-7-11-28-22/h6-8,11,18,21,29H,5,9-10,12-17H2,1-4H3/t18-/m1/s1. The van der Waals surface area contributed by atoms with E-state index in [1.807, 2.05) is 34.9 Å². The van der Waals surface area contributed by atoms with E-state index in [9.17, 15) is 14.4 Å². The number of likely N-dealkylation sites (tertiary alicyclic amines) is 1. The molecule has 2 amide bonds. The van der Waals surface area contributed by atoms with Crippen molar-refractivity contribution in [3.8, 4) is 0 Å². The summed E-state index contributed by atoms with van der Waals surface area (Å²) in [6.07, 6.45) is 3.37. The van der Waals surface area contributed by atoms with Gasteiger partial charge in [-0.2, -0.15) is 0 Å². The molecule has 4 heterocycles. The lowest BCUT2D eigenvalue weighted by Crippen LogP contribution is -2.51. The third-order valence-corrected chi connectivity index (χ3v) is 7.62. The van der Waals surface area contributed by atoms with Crippen LogP contribution in [-0.2, 0) is 9.53 Å². The van der Waals surface area contributed by atoms with E-state index in [0.717, 1.165) is 31.7 Å². The van der Waals surface area contributed by atoms with Crippen molar-refractivity contribution in [3.63, 3.8) is 0 Å². The molecule has 2 fully saturated rings. The van der Waals surface area contributed by atoms with Gasteiger partial charge in [-0.1, -0.05) is 13.0 Å². The van der Waals surface area contributed by atoms with Crippen LogP contribution in [-0.4, -0.2) is 83.4 Å². The lowest BCUT2D eigenvalue weighted by molar-refractivity contribution is -0.137. The molecule has 0 aromatic carbocycles. The molecule has 194 valence electrons. The summed E-state index contributed by atoms with van der Waals surface area (Å²) >= 11 is 0. The van der Waals surface area contributed by atoms with Crippen molar-refractivity contribution in [2.45, 2.75) is 40.5 Å². The van der Waals surface area contributed by atoms with Gasteiger partial charge in [0.05, 0.1) is 12.2 Å². The fraction of sp³-hybridized carbons (Fsp3) is 0.556. The number of pyridine rings is 1. The van der Waals surface area contributed by atoms with Crippen LogP contribution < -0.4 is 4.90 Å². The molecule has 0 unspecified atom stereocenters. The van der Waals surface area contributed by atoms with Crippen molar-refractivity contribution >= 4 is 23.6 Å². The van der Waals surface area contributed by atoms with E-state index in [1.54, 1.807) is 27.0 Å². The molecule has 2 saturated heterocycles. The second kappa shape index (κ2) is 11.1. The number of hydrogen-bond donors (Lipinski definition) is 1. The molecule has 1 atom stereocenters. The van der Waals surface area contributed by atoms with Gasteiger partial charge in [-0.3, -0.25) is 9.59 Å². The number of carbonyl (C=O) groups excluding carboxylic acids is 3. The van der Waals surface area contributed by atoms with Gasteiger partial charge in [-0.15, -0.1) is 0 Å². The van der Waals surface area contributed by atoms with Crippen LogP contribution in [0.5, 0.6) is 0 Å². The Morgan fingerprint density at radius 1 is 1.06 bits per heavy atom. The molecule has 0 spiro atoms. The zero-order valence-electron chi connectivity index (χ0n) is 21.7. The first-order valence-electron chi connectivity index (χ1n) is 12.9. The molecule has 0 saturated carbocycles. The minimum atomic E-state index is -0.408. The number of piperazine rings is 1. The van der Waals surface area contributed by atoms with Gasteiger partial charge in [0.15, 0.2) is 0 Å². The maximum atomic E-state index is 13.2. The van der Waals surface area contributed by atoms with Crippen LogP contribution in [0.2, 0.25) is 0 Å². The molecule has 2 aromatic heterocycles. The number of esters is 1. The highest BCUT2D eigenvalue weighted by atomic mass is 16.5. The SMILES string of the molecule is CCOC(=O)c1c(C)[nH]c(C(=O)N2CCC([C@@H](C)C(=O)N3CCN(c4ccccn4)CC3)CC2)c1C. The lowest BCUT2D eigenvalue weighted by Gasteiger charge is -2.39. The summed E-state index contributed by atoms with van der Waals surface area (Å²) < 4.78 is 5.14. The molecule has 2 aliphatic rings. The van der Waals surface area contributed by atoms with Gasteiger partial charge in [0, 0.05) is 57.1 Å². The molecule has 9 heteroatoms. The maximum absolute atomic E-state index is 13.2. The highest BCUT2D eigenvalue weighted by molar-refractivity contribution is 6.00. The summed E-state index contributed by atoms with van der Waals surface area (Å²) in [4.78, 5) is 52.3. The van der Waals surface area contributed by atoms with Gasteiger partial charge in [-0.05, 0) is 57.2 Å². The first-order valence-corrected chi connectivity index (χ1v) is 12.9. The Kier molecular flexibility index (Phi) is 7.96. The molecule has 2 aliphatic heterocycles. The monoisotopic (exact) mass is 495 g/mol. The van der Waals surface area contributed by atoms with Crippen LogP contribution in [0.25, 0.3) is 0 Å². The van der Waals surface area contributed by atoms with Crippen molar-refractivity contribution in [2.24, 2.45) is 11.8 Å². The number of nitrogens with one attached hydrogen (secondary N) is 1. The molecule has 4 rings (SSSR count). The predicted molar refractivity (Wildman–Crippen MR) is 137 cm³/mol. The molecular formula is C27H37N5O4. The van der Waals surface area contributed by atoms with Gasteiger partial charge in [0.2, 0.25) is 5.91 Å². The lowest BCUT2D eigenvalue weighted by atomic mass is 9.84. The van der Waals surface area contributed by atoms with Crippen molar-refractivity contribution in [1.82, 2.24) is 19.8 Å². The van der Waals surface area contributed by atoms with Gasteiger partial charge >= 0.3 is 5.97 Å². The van der Waals surface area contributed by atoms with E-state index in [2.05, 4.69) is 14.9 Å². The average molecular weight is 496 g/mol. The van der Waals surface area contributed by atoms with Crippen LogP contribution in [0.15, 0.2) is 24.4 Å². The van der Waals surface area contributed by atoms with E-state index in [4.69, 9.17) is 4.74 Å². The Labute approximate surface area is 212 Å². The van der Waals surface area contributed by atoms with Gasteiger partial charge in [0.25, 0.3) is 5.91 Å². The summed E-state index contributed by atoms with van der Waals surface area (Å²) in [5.41, 5.74) is 2.17. The highest BCUT2D eigenvalue weighted by Crippen LogP contribution is 2.29. The third-order valence-electron chi connectivity index (χ3n) is 7.62. The van der Waals surface area contributed by atoms with Crippen LogP contribution in [0.1, 0.15) is 58.8 Å². The Bertz CT molecular complexity index is 1080. The van der Waals surface area contributed by atoms with Gasteiger partial charge in [-0.25, -0.2) is 9.78 Å². The quantitative estimate of drug-likeness (QED) is 0.619. The number of hydrogen-bond acceptors (Lipinski definition) is 6. The zero-order chi connectivity index (χ0) is 25.8. The number of rotatable bonds is 6. The first kappa shape index (κ1) is 25.7. The van der Waals surface area contributed by atoms with Crippen LogP contribution in [0, 0.1) is 25.7 Å². The number of nitrogens with zero attached hydrogens (tertiary/aromatic N) is 4. The summed E-state index contributed by atoms with van der Waals surface area (Å²) in [5, 5.41) is 0. The fourth-order valence-electron chi connectivity index (χ4n) is 5.42. The van der Waals surface area contributed by atoms with Crippen LogP contribution in [0.4, 0.5) is 5.82 Å². The topological polar surface area (TPSA) is 98.8 Å². The number of aromatic nitrogens is 2. The highest BCUT2D eigenvalue weighted by Gasteiger charge is 2.34. The number of aryl methyl sites for hydroxylation is 1. The number of H-pyrrole nitrogens is 1. The number of piperidine rings is 1. The molecule has 0 radical (unpaired) electrons. The third kappa shape index (κ3) is 5.24. The van der Waals surface area contributed by atoms with Crippen molar-refractivity contribution in [3.05, 3.63) is 46.9 Å². The van der Waals surface area contributed by atoms with Crippen LogP contribution in [0.3, 0.4) is 0 Å². The average Bonchev–Trinajstić information content (AvgIpc) is 3.21. The Hall–Kier alpha value is -3.36. The molecule has 0 aliphatic carbocycles. The molecule has 36 heavy (non-hydrogen) atoms. The normalized spacial score (nSPS) is 17.7. The predicted octanol–water partition coefficient (Wildman–Crippen LogP) is 3.04. The van der Waals surface area contributed by atoms with Crippen LogP contribution >= 0.6 is 0 Å². The summed E-state index contributed by atoms with van der Waals surface area (Å²) in [6.45, 7) is 11.8. The first-order chi connectivity index (χ1) is 17.3. The zero-order valence-corrected chi connectivity index (χ0v) is 21.7. The summed E-state index contributed by atoms with van der Waals surface area (Å²) in [7, 11) is 0. The molecule has 0 bridgehead atoms. The minimum absolute atomic E-state index is 0.0754. The van der Waals surface area contributed by atoms with E-state index < -0.39 is 5.97 Å². The van der Waals surface area contributed by atoms with Gasteiger partial charge < -0.3 is 24.4 Å². The number of amides is 2. The number of anilines is 1. The van der Waals surface area contributed by atoms with E-state index in [-0.39, 0.29) is 30.3 Å². The second-order valence-electron chi connectivity index (χ2n) is 9.76. The van der Waals surface area contributed by atoms with Crippen molar-refractivity contribution in [1.29, 1.82) is 0 Å². The van der Waals surface area contributed by atoms with E-state index in [1.165, 1.54) is 0 Å². The smallest absolute Gasteiger partial charge is 0.340 e. The Morgan fingerprint density at radius 3 is 2.36 bits per heavy atom. The van der Waals surface area contributed by atoms with E-state index >= 15 is 0 Å². The molecule has 1 N–H and O–H groups in total. The Morgan fingerprint density at radius 2 is 1.75 bits per heavy atom. The summed E-state index contributed by atoms with van der Waals surface area (Å²) in [6, 6.07) is 5.89. The largest absolute Gasteiger partial charge is 0.462 e. The molecule has 9 nitrogen and oxygen atoms in total. The molecular weight excluding hydrogens is 458 g/mol. The van der Waals surface area contributed by atoms with Crippen molar-refractivity contribution in [2.75, 3.05) is 50.8 Å². The molecule has 2 aromatic rings. The second-order valence-corrected chi connectivity index (χ2v) is 9.76.